The van der Waals surface area contributed by atoms with E-state index >= 15 is 0 Å². The van der Waals surface area contributed by atoms with Gasteiger partial charge in [0.1, 0.15) is 0 Å². The molecule has 0 spiro atoms. The molecule has 0 saturated heterocycles. The molecule has 0 aliphatic rings. The molecular weight excluding hydrogens is 248 g/mol. The fourth-order valence-electron chi connectivity index (χ4n) is 0.831. The SMILES string of the molecule is COc1ncc(Br)c(C(F)F)c1O. The van der Waals surface area contributed by atoms with Crippen molar-refractivity contribution in [3.8, 4) is 11.6 Å². The van der Waals surface area contributed by atoms with Gasteiger partial charge in [-0.3, -0.25) is 0 Å². The molecule has 1 aromatic rings. The van der Waals surface area contributed by atoms with Crippen LogP contribution in [0.4, 0.5) is 8.78 Å². The van der Waals surface area contributed by atoms with Crippen LogP contribution in [0, 0.1) is 0 Å². The summed E-state index contributed by atoms with van der Waals surface area (Å²) in [5, 5.41) is 9.24. The van der Waals surface area contributed by atoms with Crippen molar-refractivity contribution < 1.29 is 18.6 Å². The van der Waals surface area contributed by atoms with Gasteiger partial charge in [-0.1, -0.05) is 0 Å². The summed E-state index contributed by atoms with van der Waals surface area (Å²) in [5.74, 6) is -0.842. The molecule has 3 nitrogen and oxygen atoms in total. The van der Waals surface area contributed by atoms with Crippen LogP contribution in [0.25, 0.3) is 0 Å². The highest BCUT2D eigenvalue weighted by Crippen LogP contribution is 2.38. The Kier molecular flexibility index (Phi) is 3.02. The van der Waals surface area contributed by atoms with E-state index in [4.69, 9.17) is 0 Å². The van der Waals surface area contributed by atoms with Gasteiger partial charge in [0.15, 0.2) is 5.75 Å². The largest absolute Gasteiger partial charge is 0.503 e. The van der Waals surface area contributed by atoms with E-state index in [1.807, 2.05) is 0 Å². The molecule has 0 atom stereocenters. The number of rotatable bonds is 2. The third kappa shape index (κ3) is 1.88. The molecule has 1 N–H and O–H groups in total. The number of hydrogen-bond acceptors (Lipinski definition) is 3. The molecule has 0 radical (unpaired) electrons. The van der Waals surface area contributed by atoms with Crippen molar-refractivity contribution in [2.75, 3.05) is 7.11 Å². The van der Waals surface area contributed by atoms with E-state index in [0.29, 0.717) is 0 Å². The van der Waals surface area contributed by atoms with Gasteiger partial charge in [-0.05, 0) is 15.9 Å². The monoisotopic (exact) mass is 253 g/mol. The summed E-state index contributed by atoms with van der Waals surface area (Å²) in [6, 6.07) is 0. The smallest absolute Gasteiger partial charge is 0.268 e. The van der Waals surface area contributed by atoms with Crippen molar-refractivity contribution in [3.63, 3.8) is 0 Å². The quantitative estimate of drug-likeness (QED) is 0.881. The summed E-state index contributed by atoms with van der Waals surface area (Å²) in [4.78, 5) is 3.59. The maximum Gasteiger partial charge on any atom is 0.268 e. The number of aromatic nitrogens is 1. The number of methoxy groups -OCH3 is 1. The first kappa shape index (κ1) is 10.2. The first-order chi connectivity index (χ1) is 6.07. The number of alkyl halides is 2. The molecule has 0 bridgehead atoms. The highest BCUT2D eigenvalue weighted by Gasteiger charge is 2.20. The van der Waals surface area contributed by atoms with Crippen LogP contribution in [-0.2, 0) is 0 Å². The lowest BCUT2D eigenvalue weighted by Gasteiger charge is -2.08. The first-order valence-corrected chi connectivity index (χ1v) is 4.06. The number of pyridine rings is 1. The Morgan fingerprint density at radius 2 is 2.23 bits per heavy atom. The van der Waals surface area contributed by atoms with Crippen molar-refractivity contribution >= 4 is 15.9 Å². The summed E-state index contributed by atoms with van der Waals surface area (Å²) in [6.07, 6.45) is -1.62. The van der Waals surface area contributed by atoms with Crippen LogP contribution in [-0.4, -0.2) is 17.2 Å². The Labute approximate surface area is 81.5 Å². The van der Waals surface area contributed by atoms with E-state index in [0.717, 1.165) is 6.20 Å². The van der Waals surface area contributed by atoms with E-state index in [1.165, 1.54) is 7.11 Å². The van der Waals surface area contributed by atoms with Gasteiger partial charge in [-0.15, -0.1) is 0 Å². The lowest BCUT2D eigenvalue weighted by molar-refractivity contribution is 0.145. The topological polar surface area (TPSA) is 42.4 Å². The van der Waals surface area contributed by atoms with Crippen LogP contribution in [0.5, 0.6) is 11.6 Å². The van der Waals surface area contributed by atoms with Crippen molar-refractivity contribution in [3.05, 3.63) is 16.2 Å². The maximum atomic E-state index is 12.3. The fourth-order valence-corrected chi connectivity index (χ4v) is 1.29. The molecule has 1 aromatic heterocycles. The number of aromatic hydroxyl groups is 1. The van der Waals surface area contributed by atoms with Gasteiger partial charge in [0.05, 0.1) is 12.7 Å². The second-order valence-electron chi connectivity index (χ2n) is 2.18. The van der Waals surface area contributed by atoms with E-state index in [1.54, 1.807) is 0 Å². The van der Waals surface area contributed by atoms with Crippen LogP contribution < -0.4 is 4.74 Å². The molecule has 0 aliphatic heterocycles. The van der Waals surface area contributed by atoms with Gasteiger partial charge in [-0.25, -0.2) is 13.8 Å². The second kappa shape index (κ2) is 3.87. The summed E-state index contributed by atoms with van der Waals surface area (Å²) in [7, 11) is 1.24. The average molecular weight is 254 g/mol. The standard InChI is InChI=1S/C7H6BrF2NO2/c1-13-7-5(12)4(6(9)10)3(8)2-11-7/h2,6,12H,1H3. The Hall–Kier alpha value is -0.910. The predicted molar refractivity (Wildman–Crippen MR) is 45.1 cm³/mol. The second-order valence-corrected chi connectivity index (χ2v) is 3.03. The molecule has 72 valence electrons. The summed E-state index contributed by atoms with van der Waals surface area (Å²) >= 11 is 2.85. The summed E-state index contributed by atoms with van der Waals surface area (Å²) in [6.45, 7) is 0. The maximum absolute atomic E-state index is 12.3. The molecule has 0 aromatic carbocycles. The number of hydrogen-bond donors (Lipinski definition) is 1. The molecule has 6 heteroatoms. The number of ether oxygens (including phenoxy) is 1. The van der Waals surface area contributed by atoms with Crippen LogP contribution >= 0.6 is 15.9 Å². The van der Waals surface area contributed by atoms with E-state index in [9.17, 15) is 13.9 Å². The van der Waals surface area contributed by atoms with Crippen LogP contribution in [0.15, 0.2) is 10.7 Å². The molecule has 0 saturated carbocycles. The highest BCUT2D eigenvalue weighted by molar-refractivity contribution is 9.10. The van der Waals surface area contributed by atoms with Gasteiger partial charge in [0.2, 0.25) is 0 Å². The van der Waals surface area contributed by atoms with Crippen molar-refractivity contribution in [2.45, 2.75) is 6.43 Å². The van der Waals surface area contributed by atoms with Gasteiger partial charge < -0.3 is 9.84 Å². The number of nitrogens with zero attached hydrogens (tertiary/aromatic N) is 1. The van der Waals surface area contributed by atoms with Gasteiger partial charge in [-0.2, -0.15) is 0 Å². The zero-order valence-corrected chi connectivity index (χ0v) is 8.18. The zero-order chi connectivity index (χ0) is 10.0. The Morgan fingerprint density at radius 1 is 1.62 bits per heavy atom. The fraction of sp³-hybridized carbons (Fsp3) is 0.286. The van der Waals surface area contributed by atoms with E-state index in [2.05, 4.69) is 25.7 Å². The first-order valence-electron chi connectivity index (χ1n) is 3.27. The van der Waals surface area contributed by atoms with E-state index < -0.39 is 17.7 Å². The molecule has 0 amide bonds. The molecule has 13 heavy (non-hydrogen) atoms. The Bertz CT molecular complexity index is 320. The number of halogens is 3. The minimum absolute atomic E-state index is 0.0563. The van der Waals surface area contributed by atoms with Gasteiger partial charge in [0.25, 0.3) is 12.3 Å². The van der Waals surface area contributed by atoms with Gasteiger partial charge in [0, 0.05) is 10.7 Å². The predicted octanol–water partition coefficient (Wildman–Crippen LogP) is 2.50. The van der Waals surface area contributed by atoms with Crippen molar-refractivity contribution in [1.29, 1.82) is 0 Å². The molecule has 1 heterocycles. The van der Waals surface area contributed by atoms with Crippen molar-refractivity contribution in [1.82, 2.24) is 4.98 Å². The lowest BCUT2D eigenvalue weighted by atomic mass is 10.2. The van der Waals surface area contributed by atoms with Gasteiger partial charge >= 0.3 is 0 Å². The average Bonchev–Trinajstić information content (AvgIpc) is 2.04. The minimum atomic E-state index is -2.77. The third-order valence-electron chi connectivity index (χ3n) is 1.42. The lowest BCUT2D eigenvalue weighted by Crippen LogP contribution is -1.94. The summed E-state index contributed by atoms with van der Waals surface area (Å²) < 4.78 is 29.3. The zero-order valence-electron chi connectivity index (χ0n) is 6.59. The Morgan fingerprint density at radius 3 is 2.69 bits per heavy atom. The highest BCUT2D eigenvalue weighted by atomic mass is 79.9. The molecule has 1 rings (SSSR count). The Balaban J connectivity index is 3.30. The van der Waals surface area contributed by atoms with Crippen molar-refractivity contribution in [2.24, 2.45) is 0 Å². The molecule has 0 unspecified atom stereocenters. The van der Waals surface area contributed by atoms with Crippen LogP contribution in [0.2, 0.25) is 0 Å². The summed E-state index contributed by atoms with van der Waals surface area (Å²) in [5.41, 5.74) is -0.508. The minimum Gasteiger partial charge on any atom is -0.503 e. The van der Waals surface area contributed by atoms with E-state index in [-0.39, 0.29) is 10.4 Å². The third-order valence-corrected chi connectivity index (χ3v) is 2.05. The van der Waals surface area contributed by atoms with Crippen LogP contribution in [0.3, 0.4) is 0 Å². The molecule has 0 fully saturated rings. The van der Waals surface area contributed by atoms with Crippen LogP contribution in [0.1, 0.15) is 12.0 Å². The normalized spacial score (nSPS) is 10.5. The molecule has 0 aliphatic carbocycles. The molecular formula is C7H6BrF2NO2.